The molecule has 0 fully saturated rings. The van der Waals surface area contributed by atoms with E-state index in [2.05, 4.69) is 55.9 Å². The first-order valence-electron chi connectivity index (χ1n) is 10.3. The summed E-state index contributed by atoms with van der Waals surface area (Å²) in [5.41, 5.74) is 11.8. The predicted molar refractivity (Wildman–Crippen MR) is 124 cm³/mol. The number of nitrogens with two attached hydrogens (primary N) is 1. The van der Waals surface area contributed by atoms with Gasteiger partial charge in [0.2, 0.25) is 0 Å². The Hall–Kier alpha value is -2.46. The fourth-order valence-electron chi connectivity index (χ4n) is 3.37. The molecule has 158 valence electrons. The molecule has 0 unspecified atom stereocenters. The van der Waals surface area contributed by atoms with Gasteiger partial charge in [0.25, 0.3) is 0 Å². The van der Waals surface area contributed by atoms with E-state index < -0.39 is 0 Å². The van der Waals surface area contributed by atoms with Gasteiger partial charge in [0.05, 0.1) is 12.0 Å². The van der Waals surface area contributed by atoms with Crippen molar-refractivity contribution < 1.29 is 4.79 Å². The van der Waals surface area contributed by atoms with Crippen LogP contribution in [0.5, 0.6) is 0 Å². The Balaban J connectivity index is 0.000000436. The zero-order chi connectivity index (χ0) is 21.7. The van der Waals surface area contributed by atoms with Crippen LogP contribution < -0.4 is 5.73 Å². The number of rotatable bonds is 7. The summed E-state index contributed by atoms with van der Waals surface area (Å²) in [6.07, 6.45) is 21.0. The molecule has 0 radical (unpaired) electrons. The Bertz CT molecular complexity index is 775. The molecule has 4 nitrogen and oxygen atoms in total. The molecular weight excluding hydrogens is 358 g/mol. The van der Waals surface area contributed by atoms with Crippen LogP contribution in [0.3, 0.4) is 0 Å². The van der Waals surface area contributed by atoms with Crippen molar-refractivity contribution in [2.24, 2.45) is 11.1 Å². The molecule has 0 aromatic carbocycles. The fraction of sp³-hybridized carbons (Fsp3) is 0.440. The van der Waals surface area contributed by atoms with Crippen LogP contribution in [0.4, 0.5) is 0 Å². The van der Waals surface area contributed by atoms with Crippen LogP contribution in [0.25, 0.3) is 0 Å². The molecule has 1 aliphatic rings. The van der Waals surface area contributed by atoms with E-state index in [0.717, 1.165) is 24.0 Å². The van der Waals surface area contributed by atoms with Crippen molar-refractivity contribution in [3.63, 3.8) is 0 Å². The normalized spacial score (nSPS) is 17.6. The van der Waals surface area contributed by atoms with Crippen molar-refractivity contribution in [2.75, 3.05) is 6.54 Å². The SMILES string of the molecule is CC1=C(/C=C/C(C)=C/C=C/C(C)=C/C=O)C(C)(C)CCC1.NCCc1c[nH]cn1. The molecule has 2 rings (SSSR count). The van der Waals surface area contributed by atoms with Crippen molar-refractivity contribution in [2.45, 2.75) is 60.3 Å². The lowest BCUT2D eigenvalue weighted by Crippen LogP contribution is -2.19. The number of carbonyl (C=O) groups is 1. The molecule has 1 aromatic rings. The number of aromatic nitrogens is 2. The van der Waals surface area contributed by atoms with Crippen molar-refractivity contribution in [3.8, 4) is 0 Å². The van der Waals surface area contributed by atoms with Gasteiger partial charge < -0.3 is 10.7 Å². The summed E-state index contributed by atoms with van der Waals surface area (Å²) in [6, 6.07) is 0. The maximum absolute atomic E-state index is 10.3. The smallest absolute Gasteiger partial charge is 0.143 e. The van der Waals surface area contributed by atoms with Gasteiger partial charge in [0.1, 0.15) is 6.29 Å². The van der Waals surface area contributed by atoms with Crippen LogP contribution in [-0.4, -0.2) is 22.8 Å². The second-order valence-corrected chi connectivity index (χ2v) is 8.18. The number of hydrogen-bond donors (Lipinski definition) is 2. The number of allylic oxidation sites excluding steroid dienone is 10. The fourth-order valence-corrected chi connectivity index (χ4v) is 3.37. The minimum Gasteiger partial charge on any atom is -0.351 e. The summed E-state index contributed by atoms with van der Waals surface area (Å²) in [4.78, 5) is 17.2. The molecule has 29 heavy (non-hydrogen) atoms. The maximum atomic E-state index is 10.3. The van der Waals surface area contributed by atoms with E-state index in [0.29, 0.717) is 6.54 Å². The van der Waals surface area contributed by atoms with Crippen molar-refractivity contribution in [1.29, 1.82) is 0 Å². The Labute approximate surface area is 176 Å². The van der Waals surface area contributed by atoms with Crippen LogP contribution in [0.15, 0.2) is 71.3 Å². The number of nitrogens with zero attached hydrogens (tertiary/aromatic N) is 1. The number of aromatic amines is 1. The maximum Gasteiger partial charge on any atom is 0.143 e. The van der Waals surface area contributed by atoms with E-state index in [1.807, 2.05) is 25.3 Å². The molecule has 3 N–H and O–H groups in total. The molecule has 0 saturated heterocycles. The van der Waals surface area contributed by atoms with E-state index in [-0.39, 0.29) is 5.41 Å². The number of aldehydes is 1. The summed E-state index contributed by atoms with van der Waals surface area (Å²) >= 11 is 0. The third-order valence-corrected chi connectivity index (χ3v) is 5.06. The molecule has 1 aliphatic carbocycles. The monoisotopic (exact) mass is 395 g/mol. The van der Waals surface area contributed by atoms with E-state index in [4.69, 9.17) is 5.73 Å². The van der Waals surface area contributed by atoms with Gasteiger partial charge in [-0.3, -0.25) is 4.79 Å². The first-order chi connectivity index (χ1) is 13.8. The minimum atomic E-state index is 0.290. The zero-order valence-corrected chi connectivity index (χ0v) is 18.7. The highest BCUT2D eigenvalue weighted by Gasteiger charge is 2.26. The number of imidazole rings is 1. The summed E-state index contributed by atoms with van der Waals surface area (Å²) in [6.45, 7) is 11.6. The van der Waals surface area contributed by atoms with Crippen LogP contribution in [0.1, 0.15) is 59.6 Å². The lowest BCUT2D eigenvalue weighted by atomic mass is 9.72. The summed E-state index contributed by atoms with van der Waals surface area (Å²) in [5.74, 6) is 0. The molecule has 1 aromatic heterocycles. The molecule has 0 atom stereocenters. The molecule has 0 saturated carbocycles. The van der Waals surface area contributed by atoms with Gasteiger partial charge >= 0.3 is 0 Å². The number of hydrogen-bond acceptors (Lipinski definition) is 3. The average Bonchev–Trinajstić information content (AvgIpc) is 3.15. The lowest BCUT2D eigenvalue weighted by Gasteiger charge is -2.32. The summed E-state index contributed by atoms with van der Waals surface area (Å²) in [7, 11) is 0. The number of H-pyrrole nitrogens is 1. The van der Waals surface area contributed by atoms with E-state index in [9.17, 15) is 4.79 Å². The molecular formula is C25H37N3O. The quantitative estimate of drug-likeness (QED) is 0.357. The molecule has 0 bridgehead atoms. The van der Waals surface area contributed by atoms with Gasteiger partial charge in [-0.1, -0.05) is 55.4 Å². The molecule has 0 amide bonds. The summed E-state index contributed by atoms with van der Waals surface area (Å²) in [5, 5.41) is 0. The summed E-state index contributed by atoms with van der Waals surface area (Å²) < 4.78 is 0. The van der Waals surface area contributed by atoms with Gasteiger partial charge in [0, 0.05) is 12.6 Å². The van der Waals surface area contributed by atoms with Gasteiger partial charge in [-0.25, -0.2) is 4.98 Å². The largest absolute Gasteiger partial charge is 0.351 e. The highest BCUT2D eigenvalue weighted by atomic mass is 16.1. The van der Waals surface area contributed by atoms with Crippen LogP contribution in [0.2, 0.25) is 0 Å². The van der Waals surface area contributed by atoms with Crippen molar-refractivity contribution >= 4 is 6.29 Å². The van der Waals surface area contributed by atoms with Crippen LogP contribution >= 0.6 is 0 Å². The Kier molecular flexibility index (Phi) is 10.9. The van der Waals surface area contributed by atoms with E-state index in [1.165, 1.54) is 36.0 Å². The Morgan fingerprint density at radius 2 is 1.97 bits per heavy atom. The van der Waals surface area contributed by atoms with Gasteiger partial charge in [-0.15, -0.1) is 0 Å². The lowest BCUT2D eigenvalue weighted by molar-refractivity contribution is -0.104. The highest BCUT2D eigenvalue weighted by molar-refractivity contribution is 5.66. The molecule has 1 heterocycles. The second kappa shape index (κ2) is 12.9. The topological polar surface area (TPSA) is 71.8 Å². The molecule has 0 spiro atoms. The Morgan fingerprint density at radius 3 is 2.55 bits per heavy atom. The number of nitrogens with one attached hydrogen (secondary N) is 1. The highest BCUT2D eigenvalue weighted by Crippen LogP contribution is 2.40. The van der Waals surface area contributed by atoms with Gasteiger partial charge in [0.15, 0.2) is 0 Å². The third-order valence-electron chi connectivity index (χ3n) is 5.06. The van der Waals surface area contributed by atoms with Crippen molar-refractivity contribution in [1.82, 2.24) is 9.97 Å². The Morgan fingerprint density at radius 1 is 1.24 bits per heavy atom. The standard InChI is InChI=1S/C20H28O.C5H9N3/c1-16(8-6-9-17(2)13-15-21)11-12-19-18(3)10-7-14-20(19,4)5;6-2-1-5-3-7-4-8-5/h6,8-9,11-13,15H,7,10,14H2,1-5H3;3-4H,1-2,6H2,(H,7,8)/b9-6+,12-11+,16-8+,17-13+;. The van der Waals surface area contributed by atoms with Crippen LogP contribution in [0, 0.1) is 5.41 Å². The molecule has 0 aliphatic heterocycles. The zero-order valence-electron chi connectivity index (χ0n) is 18.7. The first-order valence-corrected chi connectivity index (χ1v) is 10.3. The van der Waals surface area contributed by atoms with Crippen LogP contribution in [-0.2, 0) is 11.2 Å². The first kappa shape index (κ1) is 24.6. The third kappa shape index (κ3) is 9.53. The number of carbonyl (C=O) groups excluding carboxylic acids is 1. The van der Waals surface area contributed by atoms with E-state index >= 15 is 0 Å². The van der Waals surface area contributed by atoms with Gasteiger partial charge in [-0.2, -0.15) is 0 Å². The van der Waals surface area contributed by atoms with Crippen molar-refractivity contribution in [3.05, 3.63) is 77.0 Å². The van der Waals surface area contributed by atoms with E-state index in [1.54, 1.807) is 12.4 Å². The van der Waals surface area contributed by atoms with Gasteiger partial charge in [-0.05, 0) is 69.2 Å². The predicted octanol–water partition coefficient (Wildman–Crippen LogP) is 5.63. The minimum absolute atomic E-state index is 0.290. The molecule has 4 heteroatoms. The second-order valence-electron chi connectivity index (χ2n) is 8.18. The average molecular weight is 396 g/mol.